The molecule has 0 radical (unpaired) electrons. The van der Waals surface area contributed by atoms with Gasteiger partial charge in [0.1, 0.15) is 17.9 Å². The summed E-state index contributed by atoms with van der Waals surface area (Å²) in [6.07, 6.45) is 0. The van der Waals surface area contributed by atoms with Crippen molar-refractivity contribution in [2.24, 2.45) is 0 Å². The van der Waals surface area contributed by atoms with Crippen molar-refractivity contribution in [3.05, 3.63) is 39.8 Å². The zero-order chi connectivity index (χ0) is 21.4. The molecule has 0 atom stereocenters. The van der Waals surface area contributed by atoms with Crippen molar-refractivity contribution in [3.8, 4) is 5.75 Å². The van der Waals surface area contributed by atoms with Gasteiger partial charge >= 0.3 is 0 Å². The molecule has 0 unspecified atom stereocenters. The first-order valence-electron chi connectivity index (χ1n) is 10.1. The van der Waals surface area contributed by atoms with E-state index in [1.807, 2.05) is 45.9 Å². The second-order valence-electron chi connectivity index (χ2n) is 7.20. The Labute approximate surface area is 178 Å². The fraction of sp³-hybridized carbons (Fsp3) is 0.429. The van der Waals surface area contributed by atoms with Crippen molar-refractivity contribution in [2.45, 2.75) is 45.9 Å². The zero-order valence-corrected chi connectivity index (χ0v) is 18.5. The summed E-state index contributed by atoms with van der Waals surface area (Å²) < 4.78 is 8.99. The highest BCUT2D eigenvalue weighted by Gasteiger charge is 2.25. The molecular formula is C21H25N5O3S. The number of benzene rings is 1. The lowest BCUT2D eigenvalue weighted by Gasteiger charge is -2.29. The average Bonchev–Trinajstić information content (AvgIpc) is 3.07. The maximum absolute atomic E-state index is 13.1. The predicted molar refractivity (Wildman–Crippen MR) is 118 cm³/mol. The number of carbonyl (C=O) groups is 1. The number of anilines is 1. The van der Waals surface area contributed by atoms with Crippen LogP contribution in [0.25, 0.3) is 11.0 Å². The minimum atomic E-state index is -0.118. The molecule has 0 fully saturated rings. The van der Waals surface area contributed by atoms with Gasteiger partial charge in [0.25, 0.3) is 5.56 Å². The molecule has 158 valence electrons. The molecule has 3 heterocycles. The van der Waals surface area contributed by atoms with Gasteiger partial charge in [-0.3, -0.25) is 18.8 Å². The molecule has 1 aliphatic heterocycles. The van der Waals surface area contributed by atoms with Crippen LogP contribution in [0.3, 0.4) is 0 Å². The largest absolute Gasteiger partial charge is 0.490 e. The highest BCUT2D eigenvalue weighted by atomic mass is 32.2. The standard InChI is InChI=1S/C21H25N5O3S/c1-5-24-20(28)19-18(14(4)23-26(19)6-2)22-21(24)30-12-17(27)25-9-10-29-16-8-7-13(3)11-15(16)25/h7-8,11H,5-6,9-10,12H2,1-4H3. The molecule has 0 saturated heterocycles. The molecular weight excluding hydrogens is 402 g/mol. The second kappa shape index (κ2) is 8.14. The van der Waals surface area contributed by atoms with Crippen molar-refractivity contribution in [1.29, 1.82) is 0 Å². The van der Waals surface area contributed by atoms with E-state index >= 15 is 0 Å². The monoisotopic (exact) mass is 427 g/mol. The van der Waals surface area contributed by atoms with Crippen LogP contribution >= 0.6 is 11.8 Å². The van der Waals surface area contributed by atoms with E-state index in [1.54, 1.807) is 14.1 Å². The SMILES string of the molecule is CCn1c(SCC(=O)N2CCOc3ccc(C)cc32)nc2c(C)nn(CC)c2c1=O. The number of carbonyl (C=O) groups excluding carboxylic acids is 1. The first kappa shape index (κ1) is 20.5. The number of nitrogens with zero attached hydrogens (tertiary/aromatic N) is 5. The number of aryl methyl sites for hydroxylation is 3. The number of ether oxygens (including phenoxy) is 1. The number of hydrogen-bond donors (Lipinski definition) is 0. The molecule has 30 heavy (non-hydrogen) atoms. The van der Waals surface area contributed by atoms with Crippen LogP contribution in [0.2, 0.25) is 0 Å². The Balaban J connectivity index is 1.63. The van der Waals surface area contributed by atoms with Gasteiger partial charge in [0.05, 0.1) is 23.7 Å². The van der Waals surface area contributed by atoms with Gasteiger partial charge in [0.2, 0.25) is 5.91 Å². The molecule has 0 aliphatic carbocycles. The number of thioether (sulfide) groups is 1. The number of rotatable bonds is 5. The van der Waals surface area contributed by atoms with Gasteiger partial charge < -0.3 is 9.64 Å². The lowest BCUT2D eigenvalue weighted by atomic mass is 10.1. The number of fused-ring (bicyclic) bond motifs is 2. The van der Waals surface area contributed by atoms with Crippen LogP contribution in [0.4, 0.5) is 5.69 Å². The van der Waals surface area contributed by atoms with Gasteiger partial charge in [-0.25, -0.2) is 4.98 Å². The van der Waals surface area contributed by atoms with Crippen molar-refractivity contribution in [2.75, 3.05) is 23.8 Å². The minimum absolute atomic E-state index is 0.0341. The maximum Gasteiger partial charge on any atom is 0.280 e. The summed E-state index contributed by atoms with van der Waals surface area (Å²) in [5, 5.41) is 4.97. The van der Waals surface area contributed by atoms with Gasteiger partial charge in [-0.15, -0.1) is 0 Å². The van der Waals surface area contributed by atoms with Crippen molar-refractivity contribution in [3.63, 3.8) is 0 Å². The van der Waals surface area contributed by atoms with Gasteiger partial charge in [-0.2, -0.15) is 5.10 Å². The van der Waals surface area contributed by atoms with Crippen LogP contribution in [0.15, 0.2) is 28.2 Å². The van der Waals surface area contributed by atoms with Gasteiger partial charge in [-0.1, -0.05) is 17.8 Å². The van der Waals surface area contributed by atoms with E-state index in [9.17, 15) is 9.59 Å². The maximum atomic E-state index is 13.1. The van der Waals surface area contributed by atoms with E-state index in [2.05, 4.69) is 5.10 Å². The van der Waals surface area contributed by atoms with Crippen LogP contribution in [0.5, 0.6) is 5.75 Å². The third-order valence-electron chi connectivity index (χ3n) is 5.20. The van der Waals surface area contributed by atoms with Crippen LogP contribution in [-0.4, -0.2) is 44.1 Å². The summed E-state index contributed by atoms with van der Waals surface area (Å²) in [4.78, 5) is 32.5. The lowest BCUT2D eigenvalue weighted by Crippen LogP contribution is -2.39. The quantitative estimate of drug-likeness (QED) is 0.460. The summed E-state index contributed by atoms with van der Waals surface area (Å²) in [5.74, 6) is 0.873. The Kier molecular flexibility index (Phi) is 5.55. The smallest absolute Gasteiger partial charge is 0.280 e. The molecule has 8 nitrogen and oxygen atoms in total. The summed E-state index contributed by atoms with van der Waals surface area (Å²) >= 11 is 1.29. The molecule has 1 amide bonds. The summed E-state index contributed by atoms with van der Waals surface area (Å²) in [6.45, 7) is 9.74. The number of hydrogen-bond acceptors (Lipinski definition) is 6. The van der Waals surface area contributed by atoms with E-state index in [-0.39, 0.29) is 17.2 Å². The Hall–Kier alpha value is -2.81. The van der Waals surface area contributed by atoms with E-state index in [0.717, 1.165) is 22.7 Å². The first-order chi connectivity index (χ1) is 14.4. The number of aromatic nitrogens is 4. The fourth-order valence-electron chi connectivity index (χ4n) is 3.70. The predicted octanol–water partition coefficient (Wildman–Crippen LogP) is 2.77. The van der Waals surface area contributed by atoms with E-state index in [0.29, 0.717) is 42.4 Å². The van der Waals surface area contributed by atoms with Crippen LogP contribution in [0, 0.1) is 13.8 Å². The number of amides is 1. The molecule has 1 aromatic carbocycles. The average molecular weight is 428 g/mol. The highest BCUT2D eigenvalue weighted by Crippen LogP contribution is 2.33. The van der Waals surface area contributed by atoms with E-state index < -0.39 is 0 Å². The molecule has 3 aromatic rings. The van der Waals surface area contributed by atoms with Crippen LogP contribution < -0.4 is 15.2 Å². The van der Waals surface area contributed by atoms with E-state index in [1.165, 1.54) is 11.8 Å². The van der Waals surface area contributed by atoms with Crippen molar-refractivity contribution >= 4 is 34.4 Å². The Morgan fingerprint density at radius 2 is 2.03 bits per heavy atom. The first-order valence-corrected chi connectivity index (χ1v) is 11.1. The van der Waals surface area contributed by atoms with Gasteiger partial charge in [0.15, 0.2) is 10.7 Å². The Morgan fingerprint density at radius 1 is 1.23 bits per heavy atom. The third-order valence-corrected chi connectivity index (χ3v) is 6.16. The molecule has 1 aliphatic rings. The van der Waals surface area contributed by atoms with Crippen LogP contribution in [0.1, 0.15) is 25.1 Å². The zero-order valence-electron chi connectivity index (χ0n) is 17.6. The van der Waals surface area contributed by atoms with E-state index in [4.69, 9.17) is 9.72 Å². The molecule has 0 spiro atoms. The summed E-state index contributed by atoms with van der Waals surface area (Å²) in [6, 6.07) is 5.83. The normalized spacial score (nSPS) is 13.4. The minimum Gasteiger partial charge on any atom is -0.490 e. The molecule has 0 saturated carbocycles. The summed E-state index contributed by atoms with van der Waals surface area (Å²) in [7, 11) is 0. The van der Waals surface area contributed by atoms with Crippen LogP contribution in [-0.2, 0) is 17.9 Å². The molecule has 2 aromatic heterocycles. The fourth-order valence-corrected chi connectivity index (χ4v) is 4.63. The molecule has 9 heteroatoms. The topological polar surface area (TPSA) is 82.2 Å². The lowest BCUT2D eigenvalue weighted by molar-refractivity contribution is -0.116. The molecule has 0 bridgehead atoms. The van der Waals surface area contributed by atoms with Gasteiger partial charge in [-0.05, 0) is 45.4 Å². The second-order valence-corrected chi connectivity index (χ2v) is 8.14. The Bertz CT molecular complexity index is 1180. The molecule has 0 N–H and O–H groups in total. The summed E-state index contributed by atoms with van der Waals surface area (Å²) in [5.41, 5.74) is 3.59. The Morgan fingerprint density at radius 3 is 2.77 bits per heavy atom. The third kappa shape index (κ3) is 3.47. The van der Waals surface area contributed by atoms with Crippen molar-refractivity contribution < 1.29 is 9.53 Å². The van der Waals surface area contributed by atoms with Gasteiger partial charge in [0, 0.05) is 13.1 Å². The molecule has 4 rings (SSSR count). The van der Waals surface area contributed by atoms with Crippen molar-refractivity contribution in [1.82, 2.24) is 19.3 Å². The highest BCUT2D eigenvalue weighted by molar-refractivity contribution is 7.99.